The summed E-state index contributed by atoms with van der Waals surface area (Å²) >= 11 is 5.99. The van der Waals surface area contributed by atoms with Crippen molar-refractivity contribution in [3.8, 4) is 6.07 Å². The van der Waals surface area contributed by atoms with E-state index in [-0.39, 0.29) is 0 Å². The molecule has 1 fully saturated rings. The van der Waals surface area contributed by atoms with E-state index >= 15 is 0 Å². The zero-order valence-corrected chi connectivity index (χ0v) is 12.0. The van der Waals surface area contributed by atoms with E-state index in [1.807, 2.05) is 25.1 Å². The Morgan fingerprint density at radius 1 is 1.42 bits per heavy atom. The highest BCUT2D eigenvalue weighted by atomic mass is 35.5. The van der Waals surface area contributed by atoms with Crippen molar-refractivity contribution >= 4 is 11.6 Å². The highest BCUT2D eigenvalue weighted by Crippen LogP contribution is 2.23. The molecule has 1 heterocycles. The molecular formula is C15H19ClN2O. The Hall–Kier alpha value is -1.08. The second kappa shape index (κ2) is 6.38. The average molecular weight is 279 g/mol. The van der Waals surface area contributed by atoms with Crippen molar-refractivity contribution in [3.05, 3.63) is 34.9 Å². The van der Waals surface area contributed by atoms with Crippen LogP contribution in [0.15, 0.2) is 24.3 Å². The molecule has 1 aliphatic heterocycles. The maximum Gasteiger partial charge on any atom is 0.106 e. The lowest BCUT2D eigenvalue weighted by molar-refractivity contribution is -0.000448. The summed E-state index contributed by atoms with van der Waals surface area (Å²) in [6, 6.07) is 10.3. The molecule has 0 bridgehead atoms. The molecule has 0 amide bonds. The second-order valence-electron chi connectivity index (χ2n) is 5.11. The van der Waals surface area contributed by atoms with E-state index in [9.17, 15) is 5.26 Å². The molecule has 1 aliphatic rings. The van der Waals surface area contributed by atoms with Crippen LogP contribution >= 0.6 is 11.6 Å². The van der Waals surface area contributed by atoms with Gasteiger partial charge in [-0.25, -0.2) is 0 Å². The number of nitrogens with zero attached hydrogens (tertiary/aromatic N) is 2. The van der Waals surface area contributed by atoms with E-state index < -0.39 is 5.54 Å². The molecule has 0 N–H and O–H groups in total. The Morgan fingerprint density at radius 3 is 2.79 bits per heavy atom. The molecule has 19 heavy (non-hydrogen) atoms. The summed E-state index contributed by atoms with van der Waals surface area (Å²) in [5.41, 5.74) is 0.758. The molecule has 0 saturated carbocycles. The molecule has 0 spiro atoms. The molecule has 1 aromatic rings. The van der Waals surface area contributed by atoms with Crippen LogP contribution in [-0.4, -0.2) is 36.7 Å². The van der Waals surface area contributed by atoms with Crippen LogP contribution in [0.4, 0.5) is 0 Å². The zero-order chi connectivity index (χ0) is 13.7. The lowest BCUT2D eigenvalue weighted by Gasteiger charge is -2.38. The topological polar surface area (TPSA) is 36.3 Å². The van der Waals surface area contributed by atoms with Crippen LogP contribution in [0.3, 0.4) is 0 Å². The summed E-state index contributed by atoms with van der Waals surface area (Å²) in [5, 5.41) is 10.3. The van der Waals surface area contributed by atoms with Crippen LogP contribution in [0, 0.1) is 11.3 Å². The summed E-state index contributed by atoms with van der Waals surface area (Å²) in [4.78, 5) is 2.22. The van der Waals surface area contributed by atoms with Gasteiger partial charge in [0.05, 0.1) is 19.3 Å². The van der Waals surface area contributed by atoms with Crippen LogP contribution in [0.1, 0.15) is 18.9 Å². The first-order valence-electron chi connectivity index (χ1n) is 6.62. The maximum absolute atomic E-state index is 9.51. The molecule has 102 valence electrons. The number of hydrogen-bond acceptors (Lipinski definition) is 3. The number of morpholine rings is 1. The standard InChI is InChI=1S/C15H19ClN2O/c1-15(12-17,18-7-9-19-10-8-18)6-5-13-3-2-4-14(16)11-13/h2-4,11H,5-10H2,1H3. The van der Waals surface area contributed by atoms with Crippen molar-refractivity contribution in [1.82, 2.24) is 4.90 Å². The van der Waals surface area contributed by atoms with Crippen molar-refractivity contribution in [2.45, 2.75) is 25.3 Å². The molecule has 1 saturated heterocycles. The first-order chi connectivity index (χ1) is 9.14. The van der Waals surface area contributed by atoms with Crippen molar-refractivity contribution in [2.75, 3.05) is 26.3 Å². The Balaban J connectivity index is 2.00. The first kappa shape index (κ1) is 14.3. The number of ether oxygens (including phenoxy) is 1. The Morgan fingerprint density at radius 2 is 2.16 bits per heavy atom. The molecule has 4 heteroatoms. The van der Waals surface area contributed by atoms with Crippen molar-refractivity contribution < 1.29 is 4.74 Å². The SMILES string of the molecule is CC(C#N)(CCc1cccc(Cl)c1)N1CCOCC1. The minimum Gasteiger partial charge on any atom is -0.379 e. The number of aryl methyl sites for hydroxylation is 1. The largest absolute Gasteiger partial charge is 0.379 e. The number of rotatable bonds is 4. The van der Waals surface area contributed by atoms with Gasteiger partial charge in [0.1, 0.15) is 5.54 Å². The quantitative estimate of drug-likeness (QED) is 0.850. The molecule has 2 rings (SSSR count). The predicted molar refractivity (Wildman–Crippen MR) is 76.2 cm³/mol. The highest BCUT2D eigenvalue weighted by Gasteiger charge is 2.32. The van der Waals surface area contributed by atoms with Gasteiger partial charge < -0.3 is 4.74 Å². The van der Waals surface area contributed by atoms with E-state index in [1.165, 1.54) is 5.56 Å². The van der Waals surface area contributed by atoms with E-state index in [4.69, 9.17) is 16.3 Å². The number of nitriles is 1. The van der Waals surface area contributed by atoms with Gasteiger partial charge in [-0.1, -0.05) is 23.7 Å². The van der Waals surface area contributed by atoms with E-state index in [0.29, 0.717) is 13.2 Å². The highest BCUT2D eigenvalue weighted by molar-refractivity contribution is 6.30. The molecule has 0 radical (unpaired) electrons. The molecule has 1 unspecified atom stereocenters. The third-order valence-electron chi connectivity index (χ3n) is 3.74. The van der Waals surface area contributed by atoms with Gasteiger partial charge >= 0.3 is 0 Å². The van der Waals surface area contributed by atoms with Crippen molar-refractivity contribution in [2.24, 2.45) is 0 Å². The third-order valence-corrected chi connectivity index (χ3v) is 3.97. The van der Waals surface area contributed by atoms with E-state index in [0.717, 1.165) is 31.0 Å². The Labute approximate surface area is 119 Å². The normalized spacial score (nSPS) is 19.6. The molecule has 0 aromatic heterocycles. The monoisotopic (exact) mass is 278 g/mol. The van der Waals surface area contributed by atoms with Gasteiger partial charge in [-0.3, -0.25) is 4.90 Å². The zero-order valence-electron chi connectivity index (χ0n) is 11.2. The second-order valence-corrected chi connectivity index (χ2v) is 5.55. The van der Waals surface area contributed by atoms with Gasteiger partial charge in [0.2, 0.25) is 0 Å². The lowest BCUT2D eigenvalue weighted by atomic mass is 9.92. The molecule has 1 atom stereocenters. The first-order valence-corrected chi connectivity index (χ1v) is 7.00. The van der Waals surface area contributed by atoms with Crippen LogP contribution < -0.4 is 0 Å². The van der Waals surface area contributed by atoms with E-state index in [1.54, 1.807) is 0 Å². The molecule has 1 aromatic carbocycles. The van der Waals surface area contributed by atoms with Crippen LogP contribution in [0.2, 0.25) is 5.02 Å². The summed E-state index contributed by atoms with van der Waals surface area (Å²) in [7, 11) is 0. The lowest BCUT2D eigenvalue weighted by Crippen LogP contribution is -2.51. The molecular weight excluding hydrogens is 260 g/mol. The predicted octanol–water partition coefficient (Wildman–Crippen LogP) is 2.89. The van der Waals surface area contributed by atoms with Gasteiger partial charge in [-0.2, -0.15) is 5.26 Å². The van der Waals surface area contributed by atoms with Crippen LogP contribution in [0.5, 0.6) is 0 Å². The van der Waals surface area contributed by atoms with Crippen molar-refractivity contribution in [1.29, 1.82) is 5.26 Å². The maximum atomic E-state index is 9.51. The summed E-state index contributed by atoms with van der Waals surface area (Å²) in [6.07, 6.45) is 1.67. The number of halogens is 1. The smallest absolute Gasteiger partial charge is 0.106 e. The fourth-order valence-electron chi connectivity index (χ4n) is 2.42. The molecule has 3 nitrogen and oxygen atoms in total. The fourth-order valence-corrected chi connectivity index (χ4v) is 2.63. The van der Waals surface area contributed by atoms with Crippen molar-refractivity contribution in [3.63, 3.8) is 0 Å². The van der Waals surface area contributed by atoms with Gasteiger partial charge in [-0.05, 0) is 37.5 Å². The van der Waals surface area contributed by atoms with Crippen LogP contribution in [-0.2, 0) is 11.2 Å². The Kier molecular flexibility index (Phi) is 4.81. The summed E-state index contributed by atoms with van der Waals surface area (Å²) in [6.45, 7) is 5.12. The Bertz CT molecular complexity index is 465. The summed E-state index contributed by atoms with van der Waals surface area (Å²) < 4.78 is 5.35. The van der Waals surface area contributed by atoms with Gasteiger partial charge in [0.25, 0.3) is 0 Å². The fraction of sp³-hybridized carbons (Fsp3) is 0.533. The number of benzene rings is 1. The average Bonchev–Trinajstić information content (AvgIpc) is 2.46. The minimum atomic E-state index is -0.425. The summed E-state index contributed by atoms with van der Waals surface area (Å²) in [5.74, 6) is 0. The van der Waals surface area contributed by atoms with Gasteiger partial charge in [0.15, 0.2) is 0 Å². The van der Waals surface area contributed by atoms with Gasteiger partial charge in [0, 0.05) is 18.1 Å². The minimum absolute atomic E-state index is 0.425. The van der Waals surface area contributed by atoms with Crippen LogP contribution in [0.25, 0.3) is 0 Å². The number of hydrogen-bond donors (Lipinski definition) is 0. The van der Waals surface area contributed by atoms with Gasteiger partial charge in [-0.15, -0.1) is 0 Å². The third kappa shape index (κ3) is 3.70. The molecule has 0 aliphatic carbocycles. The van der Waals surface area contributed by atoms with E-state index in [2.05, 4.69) is 17.0 Å².